The minimum absolute atomic E-state index is 0.0480. The van der Waals surface area contributed by atoms with Gasteiger partial charge in [0.05, 0.1) is 0 Å². The molecule has 1 aromatic rings. The maximum absolute atomic E-state index is 13.1. The number of benzene rings is 1. The predicted molar refractivity (Wildman–Crippen MR) is 91.3 cm³/mol. The number of carbonyl (C=O) groups excluding carboxylic acids is 1. The van der Waals surface area contributed by atoms with Crippen molar-refractivity contribution in [2.45, 2.75) is 62.7 Å². The summed E-state index contributed by atoms with van der Waals surface area (Å²) in [7, 11) is 0. The van der Waals surface area contributed by atoms with Crippen LogP contribution >= 0.6 is 0 Å². The van der Waals surface area contributed by atoms with Crippen LogP contribution in [0.5, 0.6) is 0 Å². The molecular formula is C20H27NO3. The van der Waals surface area contributed by atoms with Gasteiger partial charge in [-0.15, -0.1) is 0 Å². The molecule has 4 heteroatoms. The molecule has 0 radical (unpaired) electrons. The molecule has 0 spiro atoms. The van der Waals surface area contributed by atoms with Gasteiger partial charge < -0.3 is 15.2 Å². The summed E-state index contributed by atoms with van der Waals surface area (Å²) in [6.45, 7) is 0.926. The van der Waals surface area contributed by atoms with Gasteiger partial charge in [-0.25, -0.2) is 4.79 Å². The molecule has 1 heterocycles. The van der Waals surface area contributed by atoms with Crippen molar-refractivity contribution in [2.24, 2.45) is 11.8 Å². The lowest BCUT2D eigenvalue weighted by Gasteiger charge is -2.37. The molecule has 1 aromatic carbocycles. The third-order valence-electron chi connectivity index (χ3n) is 6.32. The number of nitrogens with one attached hydrogen (secondary N) is 1. The standard InChI is InChI=1S/C20H27NO3/c22-19(24-18-14-11-12-17(18)21-13-14)20(23,15-7-3-1-4-8-15)16-9-5-2-6-10-16/h1,3-4,7-8,14,16-18,21,23H,2,5-6,9-13H2/t14?,17-,18?,20?/m0/s1. The van der Waals surface area contributed by atoms with Crippen molar-refractivity contribution < 1.29 is 14.6 Å². The third-order valence-corrected chi connectivity index (χ3v) is 6.32. The highest BCUT2D eigenvalue weighted by Crippen LogP contribution is 2.42. The van der Waals surface area contributed by atoms with E-state index < -0.39 is 11.6 Å². The van der Waals surface area contributed by atoms with Crippen molar-refractivity contribution in [1.29, 1.82) is 0 Å². The molecule has 2 saturated carbocycles. The molecule has 4 atom stereocenters. The summed E-state index contributed by atoms with van der Waals surface area (Å²) in [6, 6.07) is 9.67. The molecule has 2 aliphatic carbocycles. The Morgan fingerprint density at radius 1 is 1.08 bits per heavy atom. The van der Waals surface area contributed by atoms with Gasteiger partial charge in [0.25, 0.3) is 0 Å². The molecule has 4 rings (SSSR count). The highest BCUT2D eigenvalue weighted by Gasteiger charge is 2.51. The number of fused-ring (bicyclic) bond motifs is 2. The highest BCUT2D eigenvalue weighted by molar-refractivity contribution is 5.82. The Bertz CT molecular complexity index is 564. The topological polar surface area (TPSA) is 58.6 Å². The largest absolute Gasteiger partial charge is 0.458 e. The van der Waals surface area contributed by atoms with E-state index in [0.29, 0.717) is 11.5 Å². The average Bonchev–Trinajstić information content (AvgIpc) is 3.21. The smallest absolute Gasteiger partial charge is 0.343 e. The maximum atomic E-state index is 13.1. The van der Waals surface area contributed by atoms with Crippen LogP contribution < -0.4 is 5.32 Å². The summed E-state index contributed by atoms with van der Waals surface area (Å²) in [5.74, 6) is -0.0790. The van der Waals surface area contributed by atoms with Gasteiger partial charge in [0.2, 0.25) is 0 Å². The molecule has 0 amide bonds. The Kier molecular flexibility index (Phi) is 4.35. The summed E-state index contributed by atoms with van der Waals surface area (Å²) in [5.41, 5.74) is -0.829. The molecule has 4 nitrogen and oxygen atoms in total. The fourth-order valence-corrected chi connectivity index (χ4v) is 4.91. The van der Waals surface area contributed by atoms with Crippen molar-refractivity contribution in [2.75, 3.05) is 6.54 Å². The first-order valence-corrected chi connectivity index (χ1v) is 9.42. The quantitative estimate of drug-likeness (QED) is 0.834. The monoisotopic (exact) mass is 329 g/mol. The Morgan fingerprint density at radius 3 is 2.42 bits per heavy atom. The molecule has 3 fully saturated rings. The van der Waals surface area contributed by atoms with Gasteiger partial charge in [-0.05, 0) is 31.2 Å². The summed E-state index contributed by atoms with van der Waals surface area (Å²) in [6.07, 6.45) is 7.21. The van der Waals surface area contributed by atoms with Crippen molar-refractivity contribution in [3.63, 3.8) is 0 Å². The zero-order valence-corrected chi connectivity index (χ0v) is 14.1. The number of piperidine rings is 1. The van der Waals surface area contributed by atoms with E-state index in [-0.39, 0.29) is 18.1 Å². The molecule has 24 heavy (non-hydrogen) atoms. The molecular weight excluding hydrogens is 302 g/mol. The van der Waals surface area contributed by atoms with E-state index in [1.165, 1.54) is 6.42 Å². The van der Waals surface area contributed by atoms with Crippen molar-refractivity contribution in [3.05, 3.63) is 35.9 Å². The fraction of sp³-hybridized carbons (Fsp3) is 0.650. The van der Waals surface area contributed by atoms with Crippen LogP contribution in [-0.4, -0.2) is 29.8 Å². The van der Waals surface area contributed by atoms with Crippen LogP contribution in [0.25, 0.3) is 0 Å². The minimum atomic E-state index is -1.51. The maximum Gasteiger partial charge on any atom is 0.343 e. The van der Waals surface area contributed by atoms with Gasteiger partial charge in [0, 0.05) is 24.4 Å². The molecule has 3 aliphatic rings. The molecule has 2 bridgehead atoms. The average molecular weight is 329 g/mol. The van der Waals surface area contributed by atoms with E-state index in [0.717, 1.165) is 45.1 Å². The number of rotatable bonds is 4. The summed E-state index contributed by atoms with van der Waals surface area (Å²) in [5, 5.41) is 15.0. The summed E-state index contributed by atoms with van der Waals surface area (Å²) in [4.78, 5) is 13.1. The Labute approximate surface area is 143 Å². The van der Waals surface area contributed by atoms with Gasteiger partial charge in [-0.2, -0.15) is 0 Å². The fourth-order valence-electron chi connectivity index (χ4n) is 4.91. The lowest BCUT2D eigenvalue weighted by atomic mass is 9.73. The Hall–Kier alpha value is -1.39. The Balaban J connectivity index is 1.61. The van der Waals surface area contributed by atoms with Gasteiger partial charge in [0.1, 0.15) is 6.10 Å². The van der Waals surface area contributed by atoms with Crippen LogP contribution in [0.2, 0.25) is 0 Å². The zero-order valence-electron chi connectivity index (χ0n) is 14.1. The molecule has 130 valence electrons. The van der Waals surface area contributed by atoms with E-state index in [1.54, 1.807) is 0 Å². The van der Waals surface area contributed by atoms with Gasteiger partial charge in [-0.3, -0.25) is 0 Å². The van der Waals surface area contributed by atoms with E-state index in [4.69, 9.17) is 4.74 Å². The highest BCUT2D eigenvalue weighted by atomic mass is 16.6. The first-order chi connectivity index (χ1) is 11.7. The lowest BCUT2D eigenvalue weighted by Crippen LogP contribution is -2.47. The van der Waals surface area contributed by atoms with E-state index in [1.807, 2.05) is 30.3 Å². The van der Waals surface area contributed by atoms with Crippen molar-refractivity contribution in [1.82, 2.24) is 5.32 Å². The normalized spacial score (nSPS) is 32.5. The Morgan fingerprint density at radius 2 is 1.83 bits per heavy atom. The number of esters is 1. The van der Waals surface area contributed by atoms with Gasteiger partial charge >= 0.3 is 5.97 Å². The number of hydrogen-bond acceptors (Lipinski definition) is 4. The SMILES string of the molecule is O=C(OC1C2CC[C@@H]1NC2)C(O)(c1ccccc1)C1CCCCC1. The van der Waals surface area contributed by atoms with Crippen LogP contribution in [0, 0.1) is 11.8 Å². The molecule has 3 unspecified atom stereocenters. The molecule has 1 saturated heterocycles. The van der Waals surface area contributed by atoms with Crippen LogP contribution in [0.1, 0.15) is 50.5 Å². The third kappa shape index (κ3) is 2.66. The van der Waals surface area contributed by atoms with Crippen molar-refractivity contribution in [3.8, 4) is 0 Å². The summed E-state index contributed by atoms with van der Waals surface area (Å²) < 4.78 is 5.92. The van der Waals surface area contributed by atoms with Crippen LogP contribution in [0.4, 0.5) is 0 Å². The zero-order chi connectivity index (χ0) is 16.6. The minimum Gasteiger partial charge on any atom is -0.458 e. The second-order valence-electron chi connectivity index (χ2n) is 7.69. The van der Waals surface area contributed by atoms with Crippen molar-refractivity contribution >= 4 is 5.97 Å². The molecule has 0 aromatic heterocycles. The second-order valence-corrected chi connectivity index (χ2v) is 7.69. The number of carbonyl (C=O) groups is 1. The molecule has 2 N–H and O–H groups in total. The van der Waals surface area contributed by atoms with Crippen LogP contribution in [0.15, 0.2) is 30.3 Å². The second kappa shape index (κ2) is 6.49. The first-order valence-electron chi connectivity index (χ1n) is 9.42. The van der Waals surface area contributed by atoms with Crippen LogP contribution in [0.3, 0.4) is 0 Å². The number of hydrogen-bond donors (Lipinski definition) is 2. The first kappa shape index (κ1) is 16.1. The molecule has 1 aliphatic heterocycles. The van der Waals surface area contributed by atoms with Gasteiger partial charge in [0.15, 0.2) is 5.60 Å². The van der Waals surface area contributed by atoms with E-state index in [9.17, 15) is 9.90 Å². The number of aliphatic hydroxyl groups is 1. The van der Waals surface area contributed by atoms with Gasteiger partial charge in [-0.1, -0.05) is 49.6 Å². The number of ether oxygens (including phenoxy) is 1. The predicted octanol–water partition coefficient (Wildman–Crippen LogP) is 2.75. The van der Waals surface area contributed by atoms with Crippen LogP contribution in [-0.2, 0) is 15.1 Å². The lowest BCUT2D eigenvalue weighted by molar-refractivity contribution is -0.182. The van der Waals surface area contributed by atoms with E-state index >= 15 is 0 Å². The van der Waals surface area contributed by atoms with E-state index in [2.05, 4.69) is 5.32 Å². The summed E-state index contributed by atoms with van der Waals surface area (Å²) >= 11 is 0.